The Kier molecular flexibility index (Phi) is 4.22. The van der Waals surface area contributed by atoms with Crippen molar-refractivity contribution in [2.75, 3.05) is 13.1 Å². The zero-order valence-corrected chi connectivity index (χ0v) is 12.1. The van der Waals surface area contributed by atoms with Gasteiger partial charge in [-0.1, -0.05) is 11.6 Å². The van der Waals surface area contributed by atoms with Crippen molar-refractivity contribution >= 4 is 24.0 Å². The van der Waals surface area contributed by atoms with E-state index < -0.39 is 0 Å². The normalized spacial score (nSPS) is 31.4. The fourth-order valence-electron chi connectivity index (χ4n) is 3.35. The topological polar surface area (TPSA) is 47.1 Å². The lowest BCUT2D eigenvalue weighted by Crippen LogP contribution is -2.30. The van der Waals surface area contributed by atoms with Gasteiger partial charge in [0.1, 0.15) is 0 Å². The molecule has 2 fully saturated rings. The molecule has 3 unspecified atom stereocenters. The average molecular weight is 291 g/mol. The first kappa shape index (κ1) is 14.1. The Morgan fingerprint density at radius 1 is 1.44 bits per heavy atom. The second-order valence-corrected chi connectivity index (χ2v) is 5.83. The number of aromatic nitrogens is 2. The van der Waals surface area contributed by atoms with Gasteiger partial charge in [0.05, 0.1) is 16.9 Å². The predicted octanol–water partition coefficient (Wildman–Crippen LogP) is 1.66. The summed E-state index contributed by atoms with van der Waals surface area (Å²) in [5, 5.41) is 4.95. The van der Waals surface area contributed by atoms with Crippen molar-refractivity contribution in [2.45, 2.75) is 25.4 Å². The average Bonchev–Trinajstić information content (AvgIpc) is 2.93. The van der Waals surface area contributed by atoms with Crippen molar-refractivity contribution in [3.05, 3.63) is 16.9 Å². The van der Waals surface area contributed by atoms with E-state index in [4.69, 9.17) is 17.3 Å². The van der Waals surface area contributed by atoms with Crippen LogP contribution in [0.25, 0.3) is 0 Å². The molecule has 2 heterocycles. The molecule has 1 saturated heterocycles. The van der Waals surface area contributed by atoms with Gasteiger partial charge in [0.15, 0.2) is 0 Å². The lowest BCUT2D eigenvalue weighted by molar-refractivity contribution is 0.290. The molecule has 3 rings (SSSR count). The van der Waals surface area contributed by atoms with Gasteiger partial charge in [-0.25, -0.2) is 0 Å². The van der Waals surface area contributed by atoms with Crippen LogP contribution in [0.3, 0.4) is 0 Å². The molecule has 18 heavy (non-hydrogen) atoms. The van der Waals surface area contributed by atoms with Gasteiger partial charge < -0.3 is 5.73 Å². The minimum Gasteiger partial charge on any atom is -0.327 e. The zero-order chi connectivity index (χ0) is 12.0. The van der Waals surface area contributed by atoms with Gasteiger partial charge in [-0.3, -0.25) is 9.58 Å². The van der Waals surface area contributed by atoms with Gasteiger partial charge >= 0.3 is 0 Å². The highest BCUT2D eigenvalue weighted by Gasteiger charge is 2.40. The monoisotopic (exact) mass is 290 g/mol. The molecule has 102 valence electrons. The quantitative estimate of drug-likeness (QED) is 0.901. The zero-order valence-electron chi connectivity index (χ0n) is 10.6. The van der Waals surface area contributed by atoms with Gasteiger partial charge in [0, 0.05) is 32.7 Å². The van der Waals surface area contributed by atoms with E-state index in [1.165, 1.54) is 19.4 Å². The molecule has 6 heteroatoms. The van der Waals surface area contributed by atoms with Gasteiger partial charge in [-0.2, -0.15) is 5.10 Å². The molecule has 1 saturated carbocycles. The molecule has 2 aliphatic rings. The second kappa shape index (κ2) is 5.37. The Morgan fingerprint density at radius 3 is 2.83 bits per heavy atom. The first-order valence-electron chi connectivity index (χ1n) is 6.29. The highest BCUT2D eigenvalue weighted by Crippen LogP contribution is 2.37. The predicted molar refractivity (Wildman–Crippen MR) is 74.9 cm³/mol. The largest absolute Gasteiger partial charge is 0.327 e. The molecule has 1 aliphatic carbocycles. The number of hydrogen-bond donors (Lipinski definition) is 1. The minimum atomic E-state index is 0. The molecule has 0 spiro atoms. The van der Waals surface area contributed by atoms with Crippen LogP contribution in [-0.2, 0) is 13.6 Å². The molecule has 4 nitrogen and oxygen atoms in total. The third-order valence-electron chi connectivity index (χ3n) is 4.37. The summed E-state index contributed by atoms with van der Waals surface area (Å²) in [4.78, 5) is 2.47. The van der Waals surface area contributed by atoms with Crippen LogP contribution in [0.5, 0.6) is 0 Å². The minimum absolute atomic E-state index is 0. The number of hydrogen-bond acceptors (Lipinski definition) is 3. The summed E-state index contributed by atoms with van der Waals surface area (Å²) in [5.74, 6) is 1.50. The summed E-state index contributed by atoms with van der Waals surface area (Å²) < 4.78 is 1.87. The van der Waals surface area contributed by atoms with Crippen molar-refractivity contribution < 1.29 is 0 Å². The standard InChI is InChI=1S/C12H19ClN4.ClH/c1-16-12(10(13)4-15-16)7-17-5-8-2-3-11(14)9(8)6-17;/h4,8-9,11H,2-3,5-7,14H2,1H3;1H. The third kappa shape index (κ3) is 2.39. The lowest BCUT2D eigenvalue weighted by atomic mass is 9.98. The van der Waals surface area contributed by atoms with E-state index in [9.17, 15) is 0 Å². The SMILES string of the molecule is Cl.Cn1ncc(Cl)c1CN1CC2CCC(N)C2C1. The Hall–Kier alpha value is -0.290. The molecule has 1 aromatic heterocycles. The molecule has 0 aromatic carbocycles. The van der Waals surface area contributed by atoms with Crippen LogP contribution < -0.4 is 5.73 Å². The van der Waals surface area contributed by atoms with Crippen LogP contribution in [0, 0.1) is 11.8 Å². The maximum Gasteiger partial charge on any atom is 0.0831 e. The van der Waals surface area contributed by atoms with Gasteiger partial charge in [0.25, 0.3) is 0 Å². The fourth-order valence-corrected chi connectivity index (χ4v) is 3.58. The summed E-state index contributed by atoms with van der Waals surface area (Å²) in [7, 11) is 1.95. The Morgan fingerprint density at radius 2 is 2.22 bits per heavy atom. The van der Waals surface area contributed by atoms with Gasteiger partial charge in [-0.05, 0) is 24.7 Å². The van der Waals surface area contributed by atoms with E-state index in [0.717, 1.165) is 29.7 Å². The molecule has 2 N–H and O–H groups in total. The lowest BCUT2D eigenvalue weighted by Gasteiger charge is -2.18. The van der Waals surface area contributed by atoms with Crippen molar-refractivity contribution in [1.29, 1.82) is 0 Å². The maximum absolute atomic E-state index is 6.15. The summed E-state index contributed by atoms with van der Waals surface area (Å²) in [6, 6.07) is 0.409. The molecule has 0 radical (unpaired) electrons. The summed E-state index contributed by atoms with van der Waals surface area (Å²) in [6.45, 7) is 3.18. The van der Waals surface area contributed by atoms with E-state index in [-0.39, 0.29) is 12.4 Å². The number of fused-ring (bicyclic) bond motifs is 1. The number of likely N-dealkylation sites (tertiary alicyclic amines) is 1. The Labute approximate surface area is 119 Å². The van der Waals surface area contributed by atoms with E-state index >= 15 is 0 Å². The van der Waals surface area contributed by atoms with E-state index in [2.05, 4.69) is 10.00 Å². The maximum atomic E-state index is 6.15. The first-order valence-corrected chi connectivity index (χ1v) is 6.67. The van der Waals surface area contributed by atoms with E-state index in [1.54, 1.807) is 6.20 Å². The highest BCUT2D eigenvalue weighted by atomic mass is 35.5. The van der Waals surface area contributed by atoms with E-state index in [0.29, 0.717) is 12.0 Å². The number of nitrogens with two attached hydrogens (primary N) is 1. The van der Waals surface area contributed by atoms with Crippen LogP contribution in [-0.4, -0.2) is 33.8 Å². The Bertz CT molecular complexity index is 401. The fraction of sp³-hybridized carbons (Fsp3) is 0.750. The smallest absolute Gasteiger partial charge is 0.0831 e. The van der Waals surface area contributed by atoms with Crippen molar-refractivity contribution in [3.63, 3.8) is 0 Å². The third-order valence-corrected chi connectivity index (χ3v) is 4.69. The van der Waals surface area contributed by atoms with Crippen molar-refractivity contribution in [3.8, 4) is 0 Å². The molecule has 0 bridgehead atoms. The first-order chi connectivity index (χ1) is 8.15. The molecule has 3 atom stereocenters. The highest BCUT2D eigenvalue weighted by molar-refractivity contribution is 6.31. The Balaban J connectivity index is 0.00000120. The van der Waals surface area contributed by atoms with Crippen LogP contribution in [0.4, 0.5) is 0 Å². The molecular weight excluding hydrogens is 271 g/mol. The van der Waals surface area contributed by atoms with Crippen LogP contribution in [0.1, 0.15) is 18.5 Å². The summed E-state index contributed by atoms with van der Waals surface area (Å²) >= 11 is 6.14. The van der Waals surface area contributed by atoms with Crippen LogP contribution in [0.2, 0.25) is 5.02 Å². The summed E-state index contributed by atoms with van der Waals surface area (Å²) in [6.07, 6.45) is 4.22. The van der Waals surface area contributed by atoms with Gasteiger partial charge in [-0.15, -0.1) is 12.4 Å². The second-order valence-electron chi connectivity index (χ2n) is 5.42. The number of nitrogens with zero attached hydrogens (tertiary/aromatic N) is 3. The number of halogens is 2. The van der Waals surface area contributed by atoms with E-state index in [1.807, 2.05) is 11.7 Å². The van der Waals surface area contributed by atoms with Gasteiger partial charge in [0.2, 0.25) is 0 Å². The van der Waals surface area contributed by atoms with Crippen molar-refractivity contribution in [2.24, 2.45) is 24.6 Å². The number of aryl methyl sites for hydroxylation is 1. The van der Waals surface area contributed by atoms with Crippen molar-refractivity contribution in [1.82, 2.24) is 14.7 Å². The molecule has 0 amide bonds. The van der Waals surface area contributed by atoms with Crippen LogP contribution in [0.15, 0.2) is 6.20 Å². The molecular formula is C12H20Cl2N4. The number of rotatable bonds is 2. The molecule has 1 aliphatic heterocycles. The molecule has 1 aromatic rings. The van der Waals surface area contributed by atoms with Crippen LogP contribution >= 0.6 is 24.0 Å². The summed E-state index contributed by atoms with van der Waals surface area (Å²) in [5.41, 5.74) is 7.26.